The van der Waals surface area contributed by atoms with E-state index in [2.05, 4.69) is 5.32 Å². The summed E-state index contributed by atoms with van der Waals surface area (Å²) in [7, 11) is 0. The zero-order valence-electron chi connectivity index (χ0n) is 14.7. The van der Waals surface area contributed by atoms with Gasteiger partial charge in [0.05, 0.1) is 0 Å². The molecule has 0 spiro atoms. The van der Waals surface area contributed by atoms with Crippen LogP contribution in [0.3, 0.4) is 0 Å². The van der Waals surface area contributed by atoms with Crippen molar-refractivity contribution in [3.8, 4) is 0 Å². The molecule has 5 rings (SSSR count). The normalized spacial score (nSPS) is 17.9. The van der Waals surface area contributed by atoms with Crippen LogP contribution in [0.2, 0.25) is 0 Å². The number of halogens is 3. The molecule has 0 aliphatic carbocycles. The van der Waals surface area contributed by atoms with E-state index in [0.29, 0.717) is 37.1 Å². The predicted octanol–water partition coefficient (Wildman–Crippen LogP) is 5.09. The van der Waals surface area contributed by atoms with Crippen molar-refractivity contribution in [1.82, 2.24) is 10.2 Å². The van der Waals surface area contributed by atoms with E-state index in [0.717, 1.165) is 26.9 Å². The number of nitrogens with zero attached hydrogens (tertiary/aromatic N) is 1. The lowest BCUT2D eigenvalue weighted by Crippen LogP contribution is -2.49. The highest BCUT2D eigenvalue weighted by Gasteiger charge is 2.45. The van der Waals surface area contributed by atoms with Gasteiger partial charge in [0.25, 0.3) is 0 Å². The van der Waals surface area contributed by atoms with Gasteiger partial charge in [0.15, 0.2) is 0 Å². The second kappa shape index (κ2) is 6.08. The molecule has 2 nitrogen and oxygen atoms in total. The van der Waals surface area contributed by atoms with Crippen LogP contribution >= 0.6 is 0 Å². The minimum atomic E-state index is -4.32. The molecule has 5 heteroatoms. The van der Waals surface area contributed by atoms with Crippen LogP contribution in [0.15, 0.2) is 54.6 Å². The summed E-state index contributed by atoms with van der Waals surface area (Å²) in [6.45, 7) is 1.95. The van der Waals surface area contributed by atoms with E-state index in [1.165, 1.54) is 0 Å². The number of hydrogen-bond donors (Lipinski definition) is 1. The fraction of sp³-hybridized carbons (Fsp3) is 0.273. The van der Waals surface area contributed by atoms with Crippen LogP contribution in [-0.2, 0) is 0 Å². The molecular weight excluding hydrogens is 349 g/mol. The highest BCUT2D eigenvalue weighted by molar-refractivity contribution is 6.23. The molecule has 0 amide bonds. The van der Waals surface area contributed by atoms with Gasteiger partial charge in [0, 0.05) is 26.2 Å². The average Bonchev–Trinajstić information content (AvgIpc) is 2.67. The summed E-state index contributed by atoms with van der Waals surface area (Å²) in [6, 6.07) is 15.8. The molecule has 1 fully saturated rings. The van der Waals surface area contributed by atoms with Gasteiger partial charge in [-0.3, -0.25) is 4.90 Å². The Morgan fingerprint density at radius 2 is 1.37 bits per heavy atom. The molecule has 1 aliphatic heterocycles. The first-order valence-electron chi connectivity index (χ1n) is 9.22. The molecule has 1 aliphatic rings. The van der Waals surface area contributed by atoms with E-state index in [-0.39, 0.29) is 0 Å². The summed E-state index contributed by atoms with van der Waals surface area (Å²) in [6.07, 6.45) is -4.32. The maximum atomic E-state index is 14.1. The molecule has 4 aromatic rings. The zero-order valence-corrected chi connectivity index (χ0v) is 14.7. The first-order valence-corrected chi connectivity index (χ1v) is 9.22. The number of benzene rings is 4. The first-order chi connectivity index (χ1) is 13.0. The molecular formula is C22H19F3N2. The Bertz CT molecular complexity index is 1100. The first kappa shape index (κ1) is 16.8. The molecule has 0 aromatic heterocycles. The van der Waals surface area contributed by atoms with Crippen molar-refractivity contribution in [2.45, 2.75) is 12.2 Å². The van der Waals surface area contributed by atoms with Crippen molar-refractivity contribution in [2.24, 2.45) is 0 Å². The summed E-state index contributed by atoms with van der Waals surface area (Å²) in [5.41, 5.74) is 0.357. The number of nitrogens with one attached hydrogen (secondary N) is 1. The minimum Gasteiger partial charge on any atom is -0.314 e. The van der Waals surface area contributed by atoms with Crippen molar-refractivity contribution in [3.05, 3.63) is 60.2 Å². The monoisotopic (exact) mass is 368 g/mol. The highest BCUT2D eigenvalue weighted by atomic mass is 19.4. The third-order valence-electron chi connectivity index (χ3n) is 5.68. The fourth-order valence-corrected chi connectivity index (χ4v) is 4.52. The van der Waals surface area contributed by atoms with Crippen LogP contribution in [0.1, 0.15) is 11.6 Å². The van der Waals surface area contributed by atoms with Gasteiger partial charge in [-0.15, -0.1) is 0 Å². The van der Waals surface area contributed by atoms with E-state index < -0.39 is 12.2 Å². The summed E-state index contributed by atoms with van der Waals surface area (Å²) in [5, 5.41) is 8.95. The van der Waals surface area contributed by atoms with E-state index in [4.69, 9.17) is 0 Å². The topological polar surface area (TPSA) is 15.3 Å². The summed E-state index contributed by atoms with van der Waals surface area (Å²) in [4.78, 5) is 1.56. The third-order valence-corrected chi connectivity index (χ3v) is 5.68. The van der Waals surface area contributed by atoms with Crippen LogP contribution in [0, 0.1) is 0 Å². The molecule has 27 heavy (non-hydrogen) atoms. The minimum absolute atomic E-state index is 0.357. The van der Waals surface area contributed by atoms with Crippen molar-refractivity contribution in [1.29, 1.82) is 0 Å². The number of hydrogen-bond acceptors (Lipinski definition) is 2. The SMILES string of the molecule is FC(F)(F)[C@H](c1ccc2ccc3cccc4ccc1c2c34)N1CCNCC1. The Labute approximate surface area is 154 Å². The van der Waals surface area contributed by atoms with Gasteiger partial charge in [-0.05, 0) is 37.9 Å². The van der Waals surface area contributed by atoms with Gasteiger partial charge in [-0.2, -0.15) is 13.2 Å². The predicted molar refractivity (Wildman–Crippen MR) is 103 cm³/mol. The van der Waals surface area contributed by atoms with Gasteiger partial charge in [-0.25, -0.2) is 0 Å². The second-order valence-electron chi connectivity index (χ2n) is 7.24. The van der Waals surface area contributed by atoms with E-state index in [1.54, 1.807) is 11.0 Å². The average molecular weight is 368 g/mol. The molecule has 0 bridgehead atoms. The standard InChI is InChI=1S/C22H19F3N2/c23-22(24,25)21(27-12-10-26-11-13-27)18-9-7-16-5-4-14-2-1-3-15-6-8-17(18)20(16)19(14)15/h1-9,21,26H,10-13H2/t21-/m0/s1. The Morgan fingerprint density at radius 1 is 0.778 bits per heavy atom. The molecule has 1 heterocycles. The van der Waals surface area contributed by atoms with Gasteiger partial charge < -0.3 is 5.32 Å². The number of rotatable bonds is 2. The van der Waals surface area contributed by atoms with Crippen LogP contribution in [0.4, 0.5) is 13.2 Å². The quantitative estimate of drug-likeness (QED) is 0.496. The van der Waals surface area contributed by atoms with E-state index in [9.17, 15) is 13.2 Å². The molecule has 1 atom stereocenters. The maximum absolute atomic E-state index is 14.1. The summed E-state index contributed by atoms with van der Waals surface area (Å²) >= 11 is 0. The molecule has 1 saturated heterocycles. The van der Waals surface area contributed by atoms with Gasteiger partial charge in [0.2, 0.25) is 0 Å². The van der Waals surface area contributed by atoms with Crippen LogP contribution < -0.4 is 5.32 Å². The second-order valence-corrected chi connectivity index (χ2v) is 7.24. The van der Waals surface area contributed by atoms with Crippen LogP contribution in [-0.4, -0.2) is 37.3 Å². The van der Waals surface area contributed by atoms with Crippen molar-refractivity contribution < 1.29 is 13.2 Å². The zero-order chi connectivity index (χ0) is 18.6. The van der Waals surface area contributed by atoms with Crippen LogP contribution in [0.5, 0.6) is 0 Å². The Kier molecular flexibility index (Phi) is 3.78. The lowest BCUT2D eigenvalue weighted by atomic mass is 9.89. The molecule has 1 N–H and O–H groups in total. The number of alkyl halides is 3. The summed E-state index contributed by atoms with van der Waals surface area (Å²) in [5.74, 6) is 0. The van der Waals surface area contributed by atoms with Gasteiger partial charge >= 0.3 is 6.18 Å². The lowest BCUT2D eigenvalue weighted by molar-refractivity contribution is -0.187. The van der Waals surface area contributed by atoms with Crippen LogP contribution in [0.25, 0.3) is 32.3 Å². The fourth-order valence-electron chi connectivity index (χ4n) is 4.52. The molecule has 0 unspecified atom stereocenters. The Balaban J connectivity index is 1.81. The van der Waals surface area contributed by atoms with Gasteiger partial charge in [-0.1, -0.05) is 54.6 Å². The number of piperazine rings is 1. The summed E-state index contributed by atoms with van der Waals surface area (Å²) < 4.78 is 42.4. The molecule has 0 saturated carbocycles. The van der Waals surface area contributed by atoms with Crippen molar-refractivity contribution >= 4 is 32.3 Å². The van der Waals surface area contributed by atoms with Gasteiger partial charge in [0.1, 0.15) is 6.04 Å². The largest absolute Gasteiger partial charge is 0.408 e. The lowest BCUT2D eigenvalue weighted by Gasteiger charge is -2.36. The van der Waals surface area contributed by atoms with Crippen molar-refractivity contribution in [2.75, 3.05) is 26.2 Å². The van der Waals surface area contributed by atoms with E-state index in [1.807, 2.05) is 48.5 Å². The Morgan fingerprint density at radius 3 is 2.04 bits per heavy atom. The highest BCUT2D eigenvalue weighted by Crippen LogP contribution is 2.44. The third kappa shape index (κ3) is 2.65. The van der Waals surface area contributed by atoms with Crippen molar-refractivity contribution in [3.63, 3.8) is 0 Å². The smallest absolute Gasteiger partial charge is 0.314 e. The van der Waals surface area contributed by atoms with E-state index >= 15 is 0 Å². The molecule has 0 radical (unpaired) electrons. The maximum Gasteiger partial charge on any atom is 0.408 e. The Hall–Kier alpha value is -2.37. The molecule has 138 valence electrons. The molecule has 4 aromatic carbocycles.